The fraction of sp³-hybridized carbons (Fsp3) is 0.269. The molecule has 0 aliphatic heterocycles. The number of ether oxygens (including phenoxy) is 2. The summed E-state index contributed by atoms with van der Waals surface area (Å²) >= 11 is 1.87. The third-order valence-corrected chi connectivity index (χ3v) is 7.18. The summed E-state index contributed by atoms with van der Waals surface area (Å²) in [4.78, 5) is 7.76. The Balaban J connectivity index is 1.75. The molecule has 1 aliphatic carbocycles. The average Bonchev–Trinajstić information content (AvgIpc) is 3.16. The third-order valence-electron chi connectivity index (χ3n) is 6.03. The van der Waals surface area contributed by atoms with E-state index in [1.165, 1.54) is 33.4 Å². The number of thiophene rings is 1. The van der Waals surface area contributed by atoms with Gasteiger partial charge in [-0.3, -0.25) is 0 Å². The van der Waals surface area contributed by atoms with Crippen molar-refractivity contribution in [2.75, 3.05) is 14.2 Å². The van der Waals surface area contributed by atoms with E-state index in [1.54, 1.807) is 14.2 Å². The van der Waals surface area contributed by atoms with Crippen LogP contribution >= 0.6 is 11.3 Å². The molecule has 0 amide bonds. The average molecular weight is 416 g/mol. The molecular formula is C26H25NO2S. The van der Waals surface area contributed by atoms with Crippen LogP contribution in [0.3, 0.4) is 0 Å². The Labute approximate surface area is 181 Å². The highest BCUT2D eigenvalue weighted by molar-refractivity contribution is 7.19. The second-order valence-corrected chi connectivity index (χ2v) is 9.13. The fourth-order valence-electron chi connectivity index (χ4n) is 4.37. The lowest BCUT2D eigenvalue weighted by Gasteiger charge is -2.18. The largest absolute Gasteiger partial charge is 0.497 e. The van der Waals surface area contributed by atoms with E-state index in [1.807, 2.05) is 35.6 Å². The summed E-state index contributed by atoms with van der Waals surface area (Å²) < 4.78 is 10.8. The van der Waals surface area contributed by atoms with E-state index < -0.39 is 0 Å². The minimum absolute atomic E-state index is 0.743. The SMILES string of the molecule is COc1ccc(-c2cc(-c3cccc(OC)c3)nc3sc4c(c23)CCC(C)C4)cc1. The van der Waals surface area contributed by atoms with Gasteiger partial charge < -0.3 is 9.47 Å². The molecule has 0 spiro atoms. The van der Waals surface area contributed by atoms with E-state index in [2.05, 4.69) is 37.3 Å². The Morgan fingerprint density at radius 2 is 1.73 bits per heavy atom. The smallest absolute Gasteiger partial charge is 0.125 e. The first kappa shape index (κ1) is 19.1. The molecule has 4 aromatic rings. The Morgan fingerprint density at radius 3 is 2.50 bits per heavy atom. The Bertz CT molecular complexity index is 1210. The van der Waals surface area contributed by atoms with Gasteiger partial charge in [-0.2, -0.15) is 0 Å². The van der Waals surface area contributed by atoms with E-state index in [4.69, 9.17) is 14.5 Å². The van der Waals surface area contributed by atoms with E-state index in [-0.39, 0.29) is 0 Å². The van der Waals surface area contributed by atoms with Crippen molar-refractivity contribution >= 4 is 21.6 Å². The van der Waals surface area contributed by atoms with Crippen molar-refractivity contribution in [3.05, 3.63) is 65.0 Å². The summed E-state index contributed by atoms with van der Waals surface area (Å²) in [6.45, 7) is 2.35. The van der Waals surface area contributed by atoms with Crippen molar-refractivity contribution < 1.29 is 9.47 Å². The molecule has 2 aromatic carbocycles. The summed E-state index contributed by atoms with van der Waals surface area (Å²) in [7, 11) is 3.41. The molecule has 3 nitrogen and oxygen atoms in total. The highest BCUT2D eigenvalue weighted by atomic mass is 32.1. The Kier molecular flexibility index (Phi) is 4.95. The van der Waals surface area contributed by atoms with Gasteiger partial charge in [-0.05, 0) is 72.2 Å². The minimum Gasteiger partial charge on any atom is -0.497 e. The molecule has 4 heteroatoms. The van der Waals surface area contributed by atoms with Crippen LogP contribution in [0.15, 0.2) is 54.6 Å². The van der Waals surface area contributed by atoms with E-state index in [9.17, 15) is 0 Å². The number of aromatic nitrogens is 1. The van der Waals surface area contributed by atoms with E-state index >= 15 is 0 Å². The molecule has 0 fully saturated rings. The van der Waals surface area contributed by atoms with Crippen LogP contribution in [0.25, 0.3) is 32.6 Å². The number of aryl methyl sites for hydroxylation is 1. The maximum absolute atomic E-state index is 5.44. The molecule has 0 N–H and O–H groups in total. The van der Waals surface area contributed by atoms with Crippen LogP contribution in [-0.2, 0) is 12.8 Å². The van der Waals surface area contributed by atoms with Gasteiger partial charge in [0.1, 0.15) is 16.3 Å². The topological polar surface area (TPSA) is 31.4 Å². The molecule has 152 valence electrons. The maximum atomic E-state index is 5.44. The van der Waals surface area contributed by atoms with Gasteiger partial charge in [-0.15, -0.1) is 11.3 Å². The highest BCUT2D eigenvalue weighted by Gasteiger charge is 2.24. The number of pyridine rings is 1. The van der Waals surface area contributed by atoms with Crippen molar-refractivity contribution in [2.45, 2.75) is 26.2 Å². The van der Waals surface area contributed by atoms with Crippen LogP contribution < -0.4 is 9.47 Å². The first-order chi connectivity index (χ1) is 14.7. The number of nitrogens with zero attached hydrogens (tertiary/aromatic N) is 1. The van der Waals surface area contributed by atoms with Gasteiger partial charge in [-0.25, -0.2) is 4.98 Å². The molecule has 0 saturated heterocycles. The Hall–Kier alpha value is -2.85. The van der Waals surface area contributed by atoms with Crippen LogP contribution in [0.1, 0.15) is 23.8 Å². The number of rotatable bonds is 4. The first-order valence-corrected chi connectivity index (χ1v) is 11.2. The first-order valence-electron chi connectivity index (χ1n) is 10.4. The van der Waals surface area contributed by atoms with Crippen LogP contribution in [0.5, 0.6) is 11.5 Å². The van der Waals surface area contributed by atoms with Crippen molar-refractivity contribution in [3.8, 4) is 33.9 Å². The van der Waals surface area contributed by atoms with Crippen molar-refractivity contribution in [2.24, 2.45) is 5.92 Å². The van der Waals surface area contributed by atoms with Crippen molar-refractivity contribution in [1.82, 2.24) is 4.98 Å². The van der Waals surface area contributed by atoms with Gasteiger partial charge in [0.25, 0.3) is 0 Å². The normalized spacial score (nSPS) is 15.8. The van der Waals surface area contributed by atoms with Crippen LogP contribution in [-0.4, -0.2) is 19.2 Å². The second kappa shape index (κ2) is 7.77. The molecule has 1 aliphatic rings. The van der Waals surface area contributed by atoms with Gasteiger partial charge in [-0.1, -0.05) is 31.2 Å². The number of methoxy groups -OCH3 is 2. The summed E-state index contributed by atoms with van der Waals surface area (Å²) in [5, 5.41) is 1.33. The molecule has 5 rings (SSSR count). The molecule has 0 radical (unpaired) electrons. The minimum atomic E-state index is 0.743. The number of fused-ring (bicyclic) bond motifs is 3. The maximum Gasteiger partial charge on any atom is 0.125 e. The van der Waals surface area contributed by atoms with Crippen LogP contribution in [0.4, 0.5) is 0 Å². The number of hydrogen-bond donors (Lipinski definition) is 0. The van der Waals surface area contributed by atoms with Crippen LogP contribution in [0.2, 0.25) is 0 Å². The zero-order chi connectivity index (χ0) is 20.7. The summed E-state index contributed by atoms with van der Waals surface area (Å²) in [6, 6.07) is 18.8. The lowest BCUT2D eigenvalue weighted by atomic mass is 9.87. The molecule has 30 heavy (non-hydrogen) atoms. The van der Waals surface area contributed by atoms with Gasteiger partial charge >= 0.3 is 0 Å². The zero-order valence-corrected chi connectivity index (χ0v) is 18.4. The molecular weight excluding hydrogens is 390 g/mol. The highest BCUT2D eigenvalue weighted by Crippen LogP contribution is 2.43. The molecule has 0 bridgehead atoms. The zero-order valence-electron chi connectivity index (χ0n) is 17.6. The second-order valence-electron chi connectivity index (χ2n) is 8.05. The molecule has 1 unspecified atom stereocenters. The van der Waals surface area contributed by atoms with Crippen molar-refractivity contribution in [3.63, 3.8) is 0 Å². The predicted octanol–water partition coefficient (Wildman–Crippen LogP) is 6.77. The predicted molar refractivity (Wildman–Crippen MR) is 125 cm³/mol. The van der Waals surface area contributed by atoms with Crippen LogP contribution in [0, 0.1) is 5.92 Å². The fourth-order valence-corrected chi connectivity index (χ4v) is 5.78. The summed E-state index contributed by atoms with van der Waals surface area (Å²) in [5.41, 5.74) is 6.02. The van der Waals surface area contributed by atoms with E-state index in [0.717, 1.165) is 46.3 Å². The van der Waals surface area contributed by atoms with Gasteiger partial charge in [0.05, 0.1) is 19.9 Å². The van der Waals surface area contributed by atoms with Crippen molar-refractivity contribution in [1.29, 1.82) is 0 Å². The monoisotopic (exact) mass is 415 g/mol. The summed E-state index contributed by atoms with van der Waals surface area (Å²) in [6.07, 6.45) is 3.55. The molecule has 2 aromatic heterocycles. The van der Waals surface area contributed by atoms with Gasteiger partial charge in [0.15, 0.2) is 0 Å². The standard InChI is InChI=1S/C26H25NO2S/c1-16-7-12-21-24(13-16)30-26-25(21)22(17-8-10-19(28-2)11-9-17)15-23(27-26)18-5-4-6-20(14-18)29-3/h4-6,8-11,14-16H,7,12-13H2,1-3H3. The molecule has 0 saturated carbocycles. The number of benzene rings is 2. The number of hydrogen-bond acceptors (Lipinski definition) is 4. The Morgan fingerprint density at radius 1 is 0.933 bits per heavy atom. The van der Waals surface area contributed by atoms with E-state index in [0.29, 0.717) is 0 Å². The van der Waals surface area contributed by atoms with Gasteiger partial charge in [0, 0.05) is 15.8 Å². The molecule has 1 atom stereocenters. The molecule has 2 heterocycles. The lowest BCUT2D eigenvalue weighted by Crippen LogP contribution is -2.08. The third kappa shape index (κ3) is 3.35. The lowest BCUT2D eigenvalue weighted by molar-refractivity contribution is 0.415. The van der Waals surface area contributed by atoms with Gasteiger partial charge in [0.2, 0.25) is 0 Å². The quantitative estimate of drug-likeness (QED) is 0.368. The summed E-state index contributed by atoms with van der Waals surface area (Å²) in [5.74, 6) is 2.46.